The van der Waals surface area contributed by atoms with Crippen LogP contribution in [-0.4, -0.2) is 46.1 Å². The van der Waals surface area contributed by atoms with Crippen LogP contribution in [0.5, 0.6) is 0 Å². The summed E-state index contributed by atoms with van der Waals surface area (Å²) in [5.74, 6) is 0.650. The third kappa shape index (κ3) is 4.77. The number of benzene rings is 1. The number of hydrogen-bond donors (Lipinski definition) is 2. The van der Waals surface area contributed by atoms with Crippen molar-refractivity contribution in [2.45, 2.75) is 0 Å². The number of carbonyl (C=O) groups is 2. The minimum Gasteiger partial charge on any atom is -0.303 e. The van der Waals surface area contributed by atoms with Crippen LogP contribution < -0.4 is 10.6 Å². The van der Waals surface area contributed by atoms with Crippen molar-refractivity contribution in [3.8, 4) is 0 Å². The molecule has 0 atom stereocenters. The Morgan fingerprint density at radius 2 is 1.21 bits per heavy atom. The lowest BCUT2D eigenvalue weighted by atomic mass is 10.2. The van der Waals surface area contributed by atoms with Gasteiger partial charge in [0.2, 0.25) is 11.8 Å². The molecule has 8 nitrogen and oxygen atoms in total. The molecule has 3 rings (SSSR count). The number of nitrogens with zero attached hydrogens (tertiary/aromatic N) is 4. The number of carbonyl (C=O) groups excluding carboxylic acids is 2. The molecule has 2 saturated heterocycles. The second-order valence-electron chi connectivity index (χ2n) is 4.64. The van der Waals surface area contributed by atoms with Gasteiger partial charge in [0.25, 0.3) is 0 Å². The van der Waals surface area contributed by atoms with Crippen molar-refractivity contribution in [3.05, 3.63) is 35.4 Å². The van der Waals surface area contributed by atoms with Crippen molar-refractivity contribution in [1.82, 2.24) is 10.6 Å². The highest BCUT2D eigenvalue weighted by molar-refractivity contribution is 8.15. The van der Waals surface area contributed by atoms with Crippen LogP contribution in [0.1, 0.15) is 11.1 Å². The van der Waals surface area contributed by atoms with E-state index in [0.717, 1.165) is 11.1 Å². The quantitative estimate of drug-likeness (QED) is 0.611. The van der Waals surface area contributed by atoms with Gasteiger partial charge in [0.1, 0.15) is 0 Å². The summed E-state index contributed by atoms with van der Waals surface area (Å²) < 4.78 is 0. The molecule has 2 N–H and O–H groups in total. The minimum absolute atomic E-state index is 0.0586. The fraction of sp³-hybridized carbons (Fsp3) is 0.143. The van der Waals surface area contributed by atoms with Crippen LogP contribution in [0.15, 0.2) is 44.7 Å². The van der Waals surface area contributed by atoms with E-state index in [-0.39, 0.29) is 11.8 Å². The first-order valence-electron chi connectivity index (χ1n) is 6.86. The van der Waals surface area contributed by atoms with Gasteiger partial charge in [0, 0.05) is 0 Å². The van der Waals surface area contributed by atoms with E-state index in [0.29, 0.717) is 21.8 Å². The largest absolute Gasteiger partial charge is 0.303 e. The van der Waals surface area contributed by atoms with Crippen LogP contribution in [0, 0.1) is 0 Å². The zero-order chi connectivity index (χ0) is 16.8. The Bertz CT molecular complexity index is 705. The molecular formula is C14H12N6O2S2. The van der Waals surface area contributed by atoms with Crippen LogP contribution in [0.25, 0.3) is 0 Å². The van der Waals surface area contributed by atoms with Crippen molar-refractivity contribution in [3.63, 3.8) is 0 Å². The summed E-state index contributed by atoms with van der Waals surface area (Å²) in [5.41, 5.74) is 1.74. The summed E-state index contributed by atoms with van der Waals surface area (Å²) in [6.07, 6.45) is 3.20. The smallest absolute Gasteiger partial charge is 0.236 e. The third-order valence-corrected chi connectivity index (χ3v) is 4.55. The highest BCUT2D eigenvalue weighted by Crippen LogP contribution is 2.09. The minimum atomic E-state index is -0.0586. The van der Waals surface area contributed by atoms with E-state index < -0.39 is 0 Å². The number of amides is 2. The Morgan fingerprint density at radius 1 is 0.792 bits per heavy atom. The van der Waals surface area contributed by atoms with E-state index in [2.05, 4.69) is 31.0 Å². The van der Waals surface area contributed by atoms with E-state index in [1.165, 1.54) is 23.5 Å². The fourth-order valence-corrected chi connectivity index (χ4v) is 2.98. The van der Waals surface area contributed by atoms with Gasteiger partial charge in [-0.3, -0.25) is 9.59 Å². The van der Waals surface area contributed by atoms with Crippen LogP contribution in [-0.2, 0) is 9.59 Å². The highest BCUT2D eigenvalue weighted by atomic mass is 32.2. The second kappa shape index (κ2) is 7.88. The maximum Gasteiger partial charge on any atom is 0.236 e. The van der Waals surface area contributed by atoms with E-state index in [9.17, 15) is 9.59 Å². The van der Waals surface area contributed by atoms with Gasteiger partial charge >= 0.3 is 0 Å². The second-order valence-corrected chi connectivity index (χ2v) is 6.57. The van der Waals surface area contributed by atoms with Crippen molar-refractivity contribution in [2.24, 2.45) is 20.4 Å². The SMILES string of the molecule is O=C1CS/C(=N\N=Cc2ccc(C=N/N=C3\NC(=O)CS3)cc2)N1. The van der Waals surface area contributed by atoms with Gasteiger partial charge in [0.15, 0.2) is 10.3 Å². The first kappa shape index (κ1) is 16.4. The maximum atomic E-state index is 11.0. The lowest BCUT2D eigenvalue weighted by Gasteiger charge is -1.94. The fourth-order valence-electron chi connectivity index (χ4n) is 1.72. The van der Waals surface area contributed by atoms with E-state index in [1.54, 1.807) is 12.4 Å². The van der Waals surface area contributed by atoms with Gasteiger partial charge in [-0.05, 0) is 11.1 Å². The summed E-state index contributed by atoms with van der Waals surface area (Å²) in [6.45, 7) is 0. The molecule has 2 heterocycles. The topological polar surface area (TPSA) is 108 Å². The molecule has 24 heavy (non-hydrogen) atoms. The summed E-state index contributed by atoms with van der Waals surface area (Å²) in [7, 11) is 0. The Kier molecular flexibility index (Phi) is 5.39. The molecular weight excluding hydrogens is 348 g/mol. The van der Waals surface area contributed by atoms with Gasteiger partial charge < -0.3 is 10.6 Å². The van der Waals surface area contributed by atoms with Crippen LogP contribution in [0.4, 0.5) is 0 Å². The molecule has 1 aromatic rings. The molecule has 0 unspecified atom stereocenters. The van der Waals surface area contributed by atoms with Crippen LogP contribution in [0.3, 0.4) is 0 Å². The molecule has 1 aromatic carbocycles. The number of amidine groups is 2. The first-order chi connectivity index (χ1) is 11.7. The highest BCUT2D eigenvalue weighted by Gasteiger charge is 2.16. The van der Waals surface area contributed by atoms with Crippen molar-refractivity contribution in [1.29, 1.82) is 0 Å². The Morgan fingerprint density at radius 3 is 1.54 bits per heavy atom. The van der Waals surface area contributed by atoms with Crippen LogP contribution in [0.2, 0.25) is 0 Å². The van der Waals surface area contributed by atoms with Gasteiger partial charge in [-0.2, -0.15) is 10.2 Å². The maximum absolute atomic E-state index is 11.0. The predicted molar refractivity (Wildman–Crippen MR) is 97.7 cm³/mol. The predicted octanol–water partition coefficient (Wildman–Crippen LogP) is 0.792. The van der Waals surface area contributed by atoms with E-state index in [1.807, 2.05) is 24.3 Å². The zero-order valence-electron chi connectivity index (χ0n) is 12.3. The molecule has 122 valence electrons. The average molecular weight is 360 g/mol. The number of hydrogen-bond acceptors (Lipinski definition) is 8. The van der Waals surface area contributed by atoms with Crippen molar-refractivity contribution >= 4 is 58.1 Å². The first-order valence-corrected chi connectivity index (χ1v) is 8.83. The monoisotopic (exact) mass is 360 g/mol. The standard InChI is InChI=1S/C14H12N6O2S2/c21-11-7-23-13(17-11)19-15-5-9-1-2-10(4-3-9)6-16-20-14-18-12(22)8-24-14/h1-6H,7-8H2,(H,17,19,21)(H,18,20,22). The summed E-state index contributed by atoms with van der Waals surface area (Å²) >= 11 is 2.65. The van der Waals surface area contributed by atoms with Crippen LogP contribution >= 0.6 is 23.5 Å². The van der Waals surface area contributed by atoms with Crippen molar-refractivity contribution < 1.29 is 9.59 Å². The molecule has 10 heteroatoms. The van der Waals surface area contributed by atoms with Gasteiger partial charge in [0.05, 0.1) is 23.9 Å². The lowest BCUT2D eigenvalue weighted by Crippen LogP contribution is -2.19. The number of thioether (sulfide) groups is 2. The number of rotatable bonds is 4. The Balaban J connectivity index is 1.55. The molecule has 2 amide bonds. The molecule has 0 saturated carbocycles. The molecule has 0 aliphatic carbocycles. The molecule has 0 radical (unpaired) electrons. The molecule has 0 bridgehead atoms. The Hall–Kier alpha value is -2.46. The molecule has 2 aliphatic rings. The lowest BCUT2D eigenvalue weighted by molar-refractivity contribution is -0.117. The van der Waals surface area contributed by atoms with Crippen molar-refractivity contribution in [2.75, 3.05) is 11.5 Å². The molecule has 2 fully saturated rings. The van der Waals surface area contributed by atoms with Gasteiger partial charge in [-0.1, -0.05) is 47.8 Å². The van der Waals surface area contributed by atoms with E-state index in [4.69, 9.17) is 0 Å². The molecule has 0 spiro atoms. The summed E-state index contributed by atoms with van der Waals surface area (Å²) in [6, 6.07) is 7.46. The van der Waals surface area contributed by atoms with Gasteiger partial charge in [-0.15, -0.1) is 10.2 Å². The average Bonchev–Trinajstić information content (AvgIpc) is 3.17. The summed E-state index contributed by atoms with van der Waals surface area (Å²) in [5, 5.41) is 22.0. The molecule has 0 aromatic heterocycles. The van der Waals surface area contributed by atoms with Gasteiger partial charge in [-0.25, -0.2) is 0 Å². The normalized spacial score (nSPS) is 21.3. The number of nitrogens with one attached hydrogen (secondary N) is 2. The third-order valence-electron chi connectivity index (χ3n) is 2.82. The zero-order valence-corrected chi connectivity index (χ0v) is 13.9. The van der Waals surface area contributed by atoms with E-state index >= 15 is 0 Å². The molecule has 2 aliphatic heterocycles. The summed E-state index contributed by atoms with van der Waals surface area (Å²) in [4.78, 5) is 22.0. The Labute approximate surface area is 146 Å².